The average Bonchev–Trinajstić information content (AvgIpc) is 2.30. The molecule has 0 aromatic heterocycles. The summed E-state index contributed by atoms with van der Waals surface area (Å²) in [5.41, 5.74) is 2.76. The van der Waals surface area contributed by atoms with Gasteiger partial charge in [-0.25, -0.2) is 0 Å². The summed E-state index contributed by atoms with van der Waals surface area (Å²) in [6.45, 7) is 11.7. The minimum Gasteiger partial charge on any atom is -0.494 e. The SMILES string of the molecule is CCOc1ccc(C)cc1C(Br)C(C)(C)CC. The molecular weight excluding hydrogens is 276 g/mol. The molecule has 0 N–H and O–H groups in total. The van der Waals surface area contributed by atoms with E-state index in [9.17, 15) is 0 Å². The van der Waals surface area contributed by atoms with E-state index in [0.717, 1.165) is 12.2 Å². The normalized spacial score (nSPS) is 13.5. The van der Waals surface area contributed by atoms with Crippen molar-refractivity contribution >= 4 is 15.9 Å². The molecule has 0 aliphatic rings. The summed E-state index contributed by atoms with van der Waals surface area (Å²) in [4.78, 5) is 0.321. The quantitative estimate of drug-likeness (QED) is 0.673. The molecule has 0 saturated heterocycles. The van der Waals surface area contributed by atoms with Crippen LogP contribution in [0.25, 0.3) is 0 Å². The largest absolute Gasteiger partial charge is 0.494 e. The first-order chi connectivity index (χ1) is 7.92. The molecular formula is C15H23BrO. The first kappa shape index (κ1) is 14.6. The Morgan fingerprint density at radius 1 is 1.29 bits per heavy atom. The van der Waals surface area contributed by atoms with E-state index in [-0.39, 0.29) is 5.41 Å². The lowest BCUT2D eigenvalue weighted by Gasteiger charge is -2.30. The fourth-order valence-electron chi connectivity index (χ4n) is 1.75. The molecule has 1 atom stereocenters. The molecule has 0 aliphatic carbocycles. The lowest BCUT2D eigenvalue weighted by molar-refractivity contribution is 0.313. The minimum absolute atomic E-state index is 0.222. The average molecular weight is 299 g/mol. The van der Waals surface area contributed by atoms with Crippen molar-refractivity contribution in [1.29, 1.82) is 0 Å². The van der Waals surface area contributed by atoms with Gasteiger partial charge in [0.05, 0.1) is 6.61 Å². The highest BCUT2D eigenvalue weighted by Gasteiger charge is 2.29. The van der Waals surface area contributed by atoms with Gasteiger partial charge in [0.25, 0.3) is 0 Å². The highest BCUT2D eigenvalue weighted by Crippen LogP contribution is 2.46. The van der Waals surface area contributed by atoms with E-state index in [0.29, 0.717) is 11.4 Å². The molecule has 0 amide bonds. The predicted octanol–water partition coefficient (Wildman–Crippen LogP) is 5.27. The van der Waals surface area contributed by atoms with Gasteiger partial charge in [-0.05, 0) is 31.7 Å². The second kappa shape index (κ2) is 5.90. The van der Waals surface area contributed by atoms with Crippen molar-refractivity contribution < 1.29 is 4.74 Å². The Labute approximate surface area is 114 Å². The maximum Gasteiger partial charge on any atom is 0.123 e. The van der Waals surface area contributed by atoms with Crippen LogP contribution in [0.5, 0.6) is 5.75 Å². The van der Waals surface area contributed by atoms with Crippen LogP contribution < -0.4 is 4.74 Å². The zero-order chi connectivity index (χ0) is 13.1. The Hall–Kier alpha value is -0.500. The van der Waals surface area contributed by atoms with Crippen LogP contribution in [0.2, 0.25) is 0 Å². The lowest BCUT2D eigenvalue weighted by atomic mass is 9.82. The van der Waals surface area contributed by atoms with Crippen LogP contribution in [0.4, 0.5) is 0 Å². The number of rotatable bonds is 5. The second-order valence-electron chi connectivity index (χ2n) is 5.18. The first-order valence-corrected chi connectivity index (χ1v) is 7.21. The van der Waals surface area contributed by atoms with Crippen LogP contribution in [-0.4, -0.2) is 6.61 Å². The zero-order valence-corrected chi connectivity index (χ0v) is 13.1. The van der Waals surface area contributed by atoms with Gasteiger partial charge in [0, 0.05) is 10.4 Å². The molecule has 0 saturated carbocycles. The van der Waals surface area contributed by atoms with Gasteiger partial charge in [-0.3, -0.25) is 0 Å². The van der Waals surface area contributed by atoms with E-state index in [2.05, 4.69) is 61.8 Å². The summed E-state index contributed by atoms with van der Waals surface area (Å²) in [6.07, 6.45) is 1.13. The molecule has 1 unspecified atom stereocenters. The van der Waals surface area contributed by atoms with Gasteiger partial charge in [-0.2, -0.15) is 0 Å². The number of ether oxygens (including phenoxy) is 1. The van der Waals surface area contributed by atoms with Gasteiger partial charge in [-0.1, -0.05) is 54.4 Å². The Morgan fingerprint density at radius 2 is 1.94 bits per heavy atom. The maximum absolute atomic E-state index is 5.72. The van der Waals surface area contributed by atoms with Gasteiger partial charge in [0.2, 0.25) is 0 Å². The molecule has 1 nitrogen and oxygen atoms in total. The second-order valence-corrected chi connectivity index (χ2v) is 6.09. The molecule has 17 heavy (non-hydrogen) atoms. The van der Waals surface area contributed by atoms with Crippen LogP contribution in [0.1, 0.15) is 50.1 Å². The third-order valence-corrected chi connectivity index (χ3v) is 5.07. The molecule has 0 bridgehead atoms. The summed E-state index contributed by atoms with van der Waals surface area (Å²) in [5, 5.41) is 0. The van der Waals surface area contributed by atoms with Crippen molar-refractivity contribution in [2.75, 3.05) is 6.61 Å². The van der Waals surface area contributed by atoms with E-state index >= 15 is 0 Å². The van der Waals surface area contributed by atoms with Crippen molar-refractivity contribution in [1.82, 2.24) is 0 Å². The highest BCUT2D eigenvalue weighted by atomic mass is 79.9. The predicted molar refractivity (Wildman–Crippen MR) is 78.1 cm³/mol. The minimum atomic E-state index is 0.222. The molecule has 0 aliphatic heterocycles. The van der Waals surface area contributed by atoms with Crippen molar-refractivity contribution in [3.63, 3.8) is 0 Å². The van der Waals surface area contributed by atoms with Gasteiger partial charge in [0.15, 0.2) is 0 Å². The molecule has 0 radical (unpaired) electrons. The van der Waals surface area contributed by atoms with Crippen molar-refractivity contribution in [3.8, 4) is 5.75 Å². The van der Waals surface area contributed by atoms with Gasteiger partial charge >= 0.3 is 0 Å². The molecule has 0 fully saturated rings. The smallest absolute Gasteiger partial charge is 0.123 e. The van der Waals surface area contributed by atoms with Crippen molar-refractivity contribution in [3.05, 3.63) is 29.3 Å². The van der Waals surface area contributed by atoms with Crippen molar-refractivity contribution in [2.24, 2.45) is 5.41 Å². The first-order valence-electron chi connectivity index (χ1n) is 6.29. The number of aryl methyl sites for hydroxylation is 1. The van der Waals surface area contributed by atoms with Crippen LogP contribution in [0.15, 0.2) is 18.2 Å². The number of alkyl halides is 1. The molecule has 1 aromatic rings. The Morgan fingerprint density at radius 3 is 2.47 bits per heavy atom. The third kappa shape index (κ3) is 3.48. The number of hydrogen-bond donors (Lipinski definition) is 0. The molecule has 96 valence electrons. The van der Waals surface area contributed by atoms with E-state index in [4.69, 9.17) is 4.74 Å². The van der Waals surface area contributed by atoms with Crippen LogP contribution >= 0.6 is 15.9 Å². The fraction of sp³-hybridized carbons (Fsp3) is 0.600. The molecule has 0 heterocycles. The lowest BCUT2D eigenvalue weighted by Crippen LogP contribution is -2.17. The Balaban J connectivity index is 3.14. The van der Waals surface area contributed by atoms with E-state index in [1.165, 1.54) is 11.1 Å². The fourth-order valence-corrected chi connectivity index (χ4v) is 2.43. The number of hydrogen-bond acceptors (Lipinski definition) is 1. The zero-order valence-electron chi connectivity index (χ0n) is 11.5. The number of benzene rings is 1. The van der Waals surface area contributed by atoms with E-state index < -0.39 is 0 Å². The topological polar surface area (TPSA) is 9.23 Å². The summed E-state index contributed by atoms with van der Waals surface area (Å²) in [7, 11) is 0. The summed E-state index contributed by atoms with van der Waals surface area (Å²) < 4.78 is 5.72. The number of halogens is 1. The monoisotopic (exact) mass is 298 g/mol. The van der Waals surface area contributed by atoms with E-state index in [1.807, 2.05) is 6.92 Å². The summed E-state index contributed by atoms with van der Waals surface area (Å²) in [5.74, 6) is 1.00. The molecule has 1 rings (SSSR count). The van der Waals surface area contributed by atoms with Crippen molar-refractivity contribution in [2.45, 2.75) is 45.9 Å². The summed E-state index contributed by atoms with van der Waals surface area (Å²) in [6, 6.07) is 6.41. The summed E-state index contributed by atoms with van der Waals surface area (Å²) >= 11 is 3.84. The highest BCUT2D eigenvalue weighted by molar-refractivity contribution is 9.09. The third-order valence-electron chi connectivity index (χ3n) is 3.34. The molecule has 1 aromatic carbocycles. The molecule has 2 heteroatoms. The van der Waals surface area contributed by atoms with E-state index in [1.54, 1.807) is 0 Å². The van der Waals surface area contributed by atoms with Gasteiger partial charge in [-0.15, -0.1) is 0 Å². The van der Waals surface area contributed by atoms with Crippen LogP contribution in [0.3, 0.4) is 0 Å². The van der Waals surface area contributed by atoms with Gasteiger partial charge < -0.3 is 4.74 Å². The Bertz CT molecular complexity index is 371. The van der Waals surface area contributed by atoms with Crippen LogP contribution in [-0.2, 0) is 0 Å². The standard InChI is InChI=1S/C15H23BrO/c1-6-15(4,5)14(16)12-10-11(3)8-9-13(12)17-7-2/h8-10,14H,6-7H2,1-5H3. The molecule has 0 spiro atoms. The van der Waals surface area contributed by atoms with Gasteiger partial charge in [0.1, 0.15) is 5.75 Å². The maximum atomic E-state index is 5.72. The Kier molecular flexibility index (Phi) is 5.05. The van der Waals surface area contributed by atoms with Crippen LogP contribution in [0, 0.1) is 12.3 Å².